The number of ether oxygens (including phenoxy) is 1. The SMILES string of the molecule is CC(C)(C)OC(=O)N1CCC(NC2CC(F)(F)C2)C1. The van der Waals surface area contributed by atoms with E-state index in [9.17, 15) is 13.6 Å². The Balaban J connectivity index is 1.73. The molecule has 1 amide bonds. The number of hydrogen-bond donors (Lipinski definition) is 1. The number of rotatable bonds is 2. The molecule has 1 atom stereocenters. The van der Waals surface area contributed by atoms with Crippen LogP contribution in [0.1, 0.15) is 40.0 Å². The smallest absolute Gasteiger partial charge is 0.410 e. The van der Waals surface area contributed by atoms with Crippen LogP contribution in [0.15, 0.2) is 0 Å². The highest BCUT2D eigenvalue weighted by molar-refractivity contribution is 5.68. The zero-order valence-electron chi connectivity index (χ0n) is 11.7. The van der Waals surface area contributed by atoms with Crippen LogP contribution in [0, 0.1) is 0 Å². The summed E-state index contributed by atoms with van der Waals surface area (Å²) in [4.78, 5) is 13.5. The second kappa shape index (κ2) is 4.89. The van der Waals surface area contributed by atoms with E-state index < -0.39 is 11.5 Å². The van der Waals surface area contributed by atoms with Crippen molar-refractivity contribution in [2.75, 3.05) is 13.1 Å². The van der Waals surface area contributed by atoms with Gasteiger partial charge < -0.3 is 15.0 Å². The molecule has 1 aliphatic carbocycles. The van der Waals surface area contributed by atoms with Gasteiger partial charge in [0.25, 0.3) is 5.92 Å². The topological polar surface area (TPSA) is 41.6 Å². The normalized spacial score (nSPS) is 27.2. The van der Waals surface area contributed by atoms with Crippen LogP contribution in [0.5, 0.6) is 0 Å². The summed E-state index contributed by atoms with van der Waals surface area (Å²) in [6, 6.07) is -0.00722. The number of halogens is 2. The van der Waals surface area contributed by atoms with E-state index in [1.165, 1.54) is 0 Å². The van der Waals surface area contributed by atoms with Crippen LogP contribution in [-0.4, -0.2) is 47.7 Å². The van der Waals surface area contributed by atoms with Crippen molar-refractivity contribution < 1.29 is 18.3 Å². The fourth-order valence-corrected chi connectivity index (χ4v) is 2.50. The van der Waals surface area contributed by atoms with Crippen molar-refractivity contribution in [1.29, 1.82) is 0 Å². The van der Waals surface area contributed by atoms with Crippen molar-refractivity contribution in [2.45, 2.75) is 63.6 Å². The van der Waals surface area contributed by atoms with E-state index in [-0.39, 0.29) is 31.0 Å². The molecule has 110 valence electrons. The van der Waals surface area contributed by atoms with Gasteiger partial charge in [0.2, 0.25) is 0 Å². The lowest BCUT2D eigenvalue weighted by molar-refractivity contribution is -0.0945. The molecule has 1 heterocycles. The summed E-state index contributed by atoms with van der Waals surface area (Å²) in [5.74, 6) is -2.50. The van der Waals surface area contributed by atoms with Crippen LogP contribution in [0.25, 0.3) is 0 Å². The lowest BCUT2D eigenvalue weighted by Gasteiger charge is -2.37. The van der Waals surface area contributed by atoms with Crippen molar-refractivity contribution in [3.63, 3.8) is 0 Å². The summed E-state index contributed by atoms with van der Waals surface area (Å²) in [5.41, 5.74) is -0.501. The van der Waals surface area contributed by atoms with Gasteiger partial charge in [-0.25, -0.2) is 13.6 Å². The Morgan fingerprint density at radius 3 is 2.47 bits per heavy atom. The van der Waals surface area contributed by atoms with E-state index in [1.807, 2.05) is 20.8 Å². The van der Waals surface area contributed by atoms with Gasteiger partial charge in [-0.05, 0) is 27.2 Å². The maximum atomic E-state index is 12.7. The second-order valence-corrected chi connectivity index (χ2v) is 6.54. The molecule has 0 aromatic rings. The van der Waals surface area contributed by atoms with Crippen molar-refractivity contribution in [3.05, 3.63) is 0 Å². The minimum Gasteiger partial charge on any atom is -0.444 e. The van der Waals surface area contributed by atoms with Crippen LogP contribution < -0.4 is 5.32 Å². The summed E-state index contributed by atoms with van der Waals surface area (Å²) in [5, 5.41) is 3.19. The highest BCUT2D eigenvalue weighted by atomic mass is 19.3. The van der Waals surface area contributed by atoms with Gasteiger partial charge in [-0.3, -0.25) is 0 Å². The van der Waals surface area contributed by atoms with Crippen LogP contribution in [0.3, 0.4) is 0 Å². The molecule has 1 unspecified atom stereocenters. The van der Waals surface area contributed by atoms with Gasteiger partial charge in [0.1, 0.15) is 5.60 Å². The molecule has 0 aromatic carbocycles. The third-order valence-corrected chi connectivity index (χ3v) is 3.40. The average molecular weight is 276 g/mol. The molecule has 1 aliphatic heterocycles. The molecule has 6 heteroatoms. The standard InChI is InChI=1S/C13H22F2N2O2/c1-12(2,3)19-11(18)17-5-4-9(8-17)16-10-6-13(14,15)7-10/h9-10,16H,4-8H2,1-3H3. The second-order valence-electron chi connectivity index (χ2n) is 6.54. The van der Waals surface area contributed by atoms with E-state index in [1.54, 1.807) is 4.90 Å². The minimum atomic E-state index is -2.50. The Morgan fingerprint density at radius 1 is 1.32 bits per heavy atom. The van der Waals surface area contributed by atoms with E-state index in [4.69, 9.17) is 4.74 Å². The predicted octanol–water partition coefficient (Wildman–Crippen LogP) is 2.38. The van der Waals surface area contributed by atoms with Gasteiger partial charge in [0, 0.05) is 38.0 Å². The first-order valence-corrected chi connectivity index (χ1v) is 6.76. The van der Waals surface area contributed by atoms with Gasteiger partial charge in [0.15, 0.2) is 0 Å². The van der Waals surface area contributed by atoms with Crippen molar-refractivity contribution >= 4 is 6.09 Å². The Bertz CT molecular complexity index is 347. The first-order chi connectivity index (χ1) is 8.65. The van der Waals surface area contributed by atoms with Crippen LogP contribution in [0.4, 0.5) is 13.6 Å². The molecule has 2 rings (SSSR count). The van der Waals surface area contributed by atoms with Gasteiger partial charge in [0.05, 0.1) is 0 Å². The number of carbonyl (C=O) groups excluding carboxylic acids is 1. The Labute approximate surface area is 112 Å². The molecule has 1 N–H and O–H groups in total. The van der Waals surface area contributed by atoms with E-state index in [0.29, 0.717) is 13.1 Å². The van der Waals surface area contributed by atoms with E-state index >= 15 is 0 Å². The Morgan fingerprint density at radius 2 is 1.95 bits per heavy atom. The molecule has 19 heavy (non-hydrogen) atoms. The molecule has 0 aromatic heterocycles. The number of amides is 1. The van der Waals surface area contributed by atoms with Crippen LogP contribution >= 0.6 is 0 Å². The predicted molar refractivity (Wildman–Crippen MR) is 67.3 cm³/mol. The van der Waals surface area contributed by atoms with Gasteiger partial charge in [-0.2, -0.15) is 0 Å². The molecule has 0 radical (unpaired) electrons. The zero-order valence-corrected chi connectivity index (χ0v) is 11.7. The van der Waals surface area contributed by atoms with Crippen molar-refractivity contribution in [2.24, 2.45) is 0 Å². The fraction of sp³-hybridized carbons (Fsp3) is 0.923. The van der Waals surface area contributed by atoms with Gasteiger partial charge in [-0.1, -0.05) is 0 Å². The summed E-state index contributed by atoms with van der Waals surface area (Å²) in [6.45, 7) is 6.64. The largest absolute Gasteiger partial charge is 0.444 e. The first kappa shape index (κ1) is 14.5. The molecular weight excluding hydrogens is 254 g/mol. The molecule has 2 aliphatic rings. The van der Waals surface area contributed by atoms with Gasteiger partial charge in [-0.15, -0.1) is 0 Å². The maximum absolute atomic E-state index is 12.7. The van der Waals surface area contributed by atoms with E-state index in [0.717, 1.165) is 6.42 Å². The zero-order chi connectivity index (χ0) is 14.3. The lowest BCUT2D eigenvalue weighted by atomic mass is 9.87. The molecule has 0 spiro atoms. The van der Waals surface area contributed by atoms with Gasteiger partial charge >= 0.3 is 6.09 Å². The summed E-state index contributed by atoms with van der Waals surface area (Å²) >= 11 is 0. The number of nitrogens with one attached hydrogen (secondary N) is 1. The molecular formula is C13H22F2N2O2. The summed E-state index contributed by atoms with van der Waals surface area (Å²) < 4.78 is 30.7. The maximum Gasteiger partial charge on any atom is 0.410 e. The molecule has 4 nitrogen and oxygen atoms in total. The Hall–Kier alpha value is -0.910. The molecule has 1 saturated heterocycles. The van der Waals surface area contributed by atoms with E-state index in [2.05, 4.69) is 5.32 Å². The minimum absolute atomic E-state index is 0.0874. The average Bonchev–Trinajstić information content (AvgIpc) is 2.60. The monoisotopic (exact) mass is 276 g/mol. The third-order valence-electron chi connectivity index (χ3n) is 3.40. The molecule has 2 fully saturated rings. The number of carbonyl (C=O) groups is 1. The van der Waals surface area contributed by atoms with Crippen LogP contribution in [0.2, 0.25) is 0 Å². The third kappa shape index (κ3) is 4.03. The quantitative estimate of drug-likeness (QED) is 0.842. The molecule has 1 saturated carbocycles. The fourth-order valence-electron chi connectivity index (χ4n) is 2.50. The number of hydrogen-bond acceptors (Lipinski definition) is 3. The molecule has 0 bridgehead atoms. The number of nitrogens with zero attached hydrogens (tertiary/aromatic N) is 1. The highest BCUT2D eigenvalue weighted by Gasteiger charge is 2.46. The summed E-state index contributed by atoms with van der Waals surface area (Å²) in [7, 11) is 0. The highest BCUT2D eigenvalue weighted by Crippen LogP contribution is 2.37. The van der Waals surface area contributed by atoms with Crippen LogP contribution in [-0.2, 0) is 4.74 Å². The first-order valence-electron chi connectivity index (χ1n) is 6.76. The number of alkyl halides is 2. The summed E-state index contributed by atoms with van der Waals surface area (Å²) in [6.07, 6.45) is 0.295. The Kier molecular flexibility index (Phi) is 3.73. The van der Waals surface area contributed by atoms with Crippen molar-refractivity contribution in [3.8, 4) is 0 Å². The lowest BCUT2D eigenvalue weighted by Crippen LogP contribution is -2.52. The number of likely N-dealkylation sites (tertiary alicyclic amines) is 1. The van der Waals surface area contributed by atoms with Crippen molar-refractivity contribution in [1.82, 2.24) is 10.2 Å².